The lowest BCUT2D eigenvalue weighted by atomic mass is 10.00. The summed E-state index contributed by atoms with van der Waals surface area (Å²) >= 11 is 0. The van der Waals surface area contributed by atoms with Crippen molar-refractivity contribution in [2.75, 3.05) is 51.8 Å². The fraction of sp³-hybridized carbons (Fsp3) is 0.452. The third-order valence-electron chi connectivity index (χ3n) is 10.7. The fourth-order valence-electron chi connectivity index (χ4n) is 7.49. The van der Waals surface area contributed by atoms with Crippen molar-refractivity contribution in [1.82, 2.24) is 24.7 Å². The molecular formula is C42H52N6O6. The zero-order chi connectivity index (χ0) is 38.0. The first kappa shape index (κ1) is 38.6. The van der Waals surface area contributed by atoms with Crippen LogP contribution in [-0.2, 0) is 27.4 Å². The highest BCUT2D eigenvalue weighted by atomic mass is 16.5. The predicted molar refractivity (Wildman–Crippen MR) is 210 cm³/mol. The van der Waals surface area contributed by atoms with Gasteiger partial charge in [0.05, 0.1) is 30.4 Å². The Morgan fingerprint density at radius 3 is 2.37 bits per heavy atom. The summed E-state index contributed by atoms with van der Waals surface area (Å²) in [6, 6.07) is 15.7. The molecule has 0 unspecified atom stereocenters. The van der Waals surface area contributed by atoms with Gasteiger partial charge in [-0.1, -0.05) is 37.6 Å². The fourth-order valence-corrected chi connectivity index (χ4v) is 7.49. The number of nitrogens with zero attached hydrogens (tertiary/aromatic N) is 5. The van der Waals surface area contributed by atoms with Gasteiger partial charge in [-0.3, -0.25) is 29.1 Å². The normalized spacial score (nSPS) is 15.6. The summed E-state index contributed by atoms with van der Waals surface area (Å²) < 4.78 is 13.9. The molecule has 2 aliphatic heterocycles. The summed E-state index contributed by atoms with van der Waals surface area (Å²) in [5.74, 6) is 0.175. The summed E-state index contributed by atoms with van der Waals surface area (Å²) in [5, 5.41) is 4.14. The molecule has 1 N–H and O–H groups in total. The number of fused-ring (bicyclic) bond motifs is 1. The maximum absolute atomic E-state index is 13.5. The number of unbranched alkanes of at least 4 members (excludes halogenated alkanes) is 1. The van der Waals surface area contributed by atoms with Gasteiger partial charge in [0, 0.05) is 89.0 Å². The van der Waals surface area contributed by atoms with Crippen LogP contribution < -0.4 is 20.5 Å². The Labute approximate surface area is 317 Å². The van der Waals surface area contributed by atoms with E-state index in [0.717, 1.165) is 74.7 Å². The van der Waals surface area contributed by atoms with Gasteiger partial charge in [-0.05, 0) is 72.9 Å². The molecule has 2 fully saturated rings. The summed E-state index contributed by atoms with van der Waals surface area (Å²) in [6.07, 6.45) is 12.0. The van der Waals surface area contributed by atoms with Crippen LogP contribution in [0.5, 0.6) is 5.75 Å². The third kappa shape index (κ3) is 9.17. The van der Waals surface area contributed by atoms with Crippen LogP contribution in [0.15, 0.2) is 71.9 Å². The number of piperidine rings is 2. The van der Waals surface area contributed by atoms with E-state index in [0.29, 0.717) is 48.4 Å². The Morgan fingerprint density at radius 2 is 1.70 bits per heavy atom. The van der Waals surface area contributed by atoms with E-state index in [1.54, 1.807) is 37.6 Å². The van der Waals surface area contributed by atoms with Gasteiger partial charge in [0.1, 0.15) is 5.75 Å². The average Bonchev–Trinajstić information content (AvgIpc) is 3.22. The quantitative estimate of drug-likeness (QED) is 0.164. The van der Waals surface area contributed by atoms with E-state index < -0.39 is 0 Å². The van der Waals surface area contributed by atoms with Gasteiger partial charge < -0.3 is 29.2 Å². The molecule has 54 heavy (non-hydrogen) atoms. The highest BCUT2D eigenvalue weighted by molar-refractivity contribution is 5.97. The van der Waals surface area contributed by atoms with Crippen LogP contribution in [0.4, 0.5) is 5.69 Å². The zero-order valence-electron chi connectivity index (χ0n) is 31.7. The van der Waals surface area contributed by atoms with Gasteiger partial charge >= 0.3 is 0 Å². The average molecular weight is 737 g/mol. The number of aromatic nitrogens is 2. The molecule has 286 valence electrons. The number of hydrogen-bond donors (Lipinski definition) is 1. The van der Waals surface area contributed by atoms with Crippen LogP contribution in [0.25, 0.3) is 21.9 Å². The number of likely N-dealkylation sites (tertiary alicyclic amines) is 2. The molecule has 2 aromatic carbocycles. The van der Waals surface area contributed by atoms with Gasteiger partial charge in [0.25, 0.3) is 11.5 Å². The number of benzene rings is 2. The topological polar surface area (TPSA) is 126 Å². The summed E-state index contributed by atoms with van der Waals surface area (Å²) in [6.45, 7) is 6.99. The van der Waals surface area contributed by atoms with Crippen LogP contribution in [0.3, 0.4) is 0 Å². The Bertz CT molecular complexity index is 1960. The van der Waals surface area contributed by atoms with Crippen molar-refractivity contribution >= 4 is 34.7 Å². The molecule has 0 bridgehead atoms. The molecule has 0 aliphatic carbocycles. The number of rotatable bonds is 15. The van der Waals surface area contributed by atoms with E-state index >= 15 is 0 Å². The second-order valence-corrected chi connectivity index (χ2v) is 14.2. The van der Waals surface area contributed by atoms with E-state index in [-0.39, 0.29) is 42.5 Å². The summed E-state index contributed by atoms with van der Waals surface area (Å²) in [4.78, 5) is 60.2. The maximum Gasteiger partial charge on any atom is 0.260 e. The summed E-state index contributed by atoms with van der Waals surface area (Å²) in [5.41, 5.74) is 4.34. The number of methoxy groups -OCH3 is 1. The van der Waals surface area contributed by atoms with Crippen LogP contribution in [0.2, 0.25) is 0 Å². The van der Waals surface area contributed by atoms with Crippen molar-refractivity contribution in [1.29, 1.82) is 0 Å². The second-order valence-electron chi connectivity index (χ2n) is 14.2. The largest absolute Gasteiger partial charge is 0.495 e. The highest BCUT2D eigenvalue weighted by Gasteiger charge is 2.29. The molecule has 12 heteroatoms. The molecule has 4 aromatic rings. The molecule has 0 saturated carbocycles. The monoisotopic (exact) mass is 736 g/mol. The van der Waals surface area contributed by atoms with Crippen LogP contribution in [0, 0.1) is 0 Å². The van der Waals surface area contributed by atoms with E-state index in [4.69, 9.17) is 9.47 Å². The number of ether oxygens (including phenoxy) is 2. The minimum atomic E-state index is -0.181. The predicted octanol–water partition coefficient (Wildman–Crippen LogP) is 5.26. The second kappa shape index (κ2) is 18.3. The van der Waals surface area contributed by atoms with Gasteiger partial charge in [0.15, 0.2) is 0 Å². The molecule has 0 atom stereocenters. The zero-order valence-corrected chi connectivity index (χ0v) is 31.7. The lowest BCUT2D eigenvalue weighted by molar-refractivity contribution is -0.120. The number of hydrogen-bond acceptors (Lipinski definition) is 8. The maximum atomic E-state index is 13.5. The number of anilines is 1. The van der Waals surface area contributed by atoms with Gasteiger partial charge in [-0.15, -0.1) is 0 Å². The Hall–Kier alpha value is -5.07. The first-order valence-electron chi connectivity index (χ1n) is 19.2. The molecule has 0 spiro atoms. The standard InChI is InChI=1S/C42H52N6O6/c1-4-5-19-47-28-37(35-12-18-44-26-36(35)42(47)52)31-8-6-30(7-9-31)27-45-20-13-33(14-21-45)54-34-15-22-46(23-16-34)41(51)32-10-11-39(53-3)38(25-32)48(29-49)24-17-40(50)43-2/h6-12,18,25-26,28-29,33-34H,4-5,13-17,19-24,27H2,1-3H3,(H,43,50). The van der Waals surface area contributed by atoms with Crippen molar-refractivity contribution in [3.05, 3.63) is 88.6 Å². The van der Waals surface area contributed by atoms with Gasteiger partial charge in [-0.2, -0.15) is 0 Å². The molecule has 4 heterocycles. The first-order valence-corrected chi connectivity index (χ1v) is 19.2. The summed E-state index contributed by atoms with van der Waals surface area (Å²) in [7, 11) is 3.06. The highest BCUT2D eigenvalue weighted by Crippen LogP contribution is 2.31. The van der Waals surface area contributed by atoms with Gasteiger partial charge in [0.2, 0.25) is 12.3 Å². The Kier molecular flexibility index (Phi) is 13.1. The van der Waals surface area contributed by atoms with Crippen molar-refractivity contribution in [2.45, 2.75) is 77.2 Å². The van der Waals surface area contributed by atoms with Crippen molar-refractivity contribution in [3.8, 4) is 16.9 Å². The number of carbonyl (C=O) groups excluding carboxylic acids is 3. The number of nitrogens with one attached hydrogen (secondary N) is 1. The van der Waals surface area contributed by atoms with E-state index in [2.05, 4.69) is 46.4 Å². The number of aryl methyl sites for hydroxylation is 1. The Balaban J connectivity index is 0.981. The molecule has 3 amide bonds. The van der Waals surface area contributed by atoms with Crippen molar-refractivity contribution in [2.24, 2.45) is 0 Å². The smallest absolute Gasteiger partial charge is 0.260 e. The Morgan fingerprint density at radius 1 is 0.981 bits per heavy atom. The molecule has 2 saturated heterocycles. The molecule has 6 rings (SSSR count). The van der Waals surface area contributed by atoms with Crippen molar-refractivity contribution < 1.29 is 23.9 Å². The molecule has 12 nitrogen and oxygen atoms in total. The van der Waals surface area contributed by atoms with E-state index in [1.165, 1.54) is 17.6 Å². The molecule has 2 aromatic heterocycles. The SMILES string of the molecule is CCCCn1cc(-c2ccc(CN3CCC(OC4CCN(C(=O)c5ccc(OC)c(N(C=O)CCC(=O)NC)c5)CC4)CC3)cc2)c2ccncc2c1=O. The van der Waals surface area contributed by atoms with E-state index in [1.807, 2.05) is 21.7 Å². The number of pyridine rings is 2. The lowest BCUT2D eigenvalue weighted by Gasteiger charge is -2.37. The van der Waals surface area contributed by atoms with Crippen molar-refractivity contribution in [3.63, 3.8) is 0 Å². The van der Waals surface area contributed by atoms with Crippen LogP contribution in [-0.4, -0.2) is 96.7 Å². The lowest BCUT2D eigenvalue weighted by Crippen LogP contribution is -2.43. The van der Waals surface area contributed by atoms with Crippen LogP contribution in [0.1, 0.15) is 67.8 Å². The first-order chi connectivity index (χ1) is 26.3. The number of carbonyl (C=O) groups is 3. The van der Waals surface area contributed by atoms with Crippen LogP contribution >= 0.6 is 0 Å². The minimum absolute atomic E-state index is 0.0146. The minimum Gasteiger partial charge on any atom is -0.495 e. The molecule has 0 radical (unpaired) electrons. The van der Waals surface area contributed by atoms with Gasteiger partial charge in [-0.25, -0.2) is 0 Å². The molecular weight excluding hydrogens is 684 g/mol. The third-order valence-corrected chi connectivity index (χ3v) is 10.7. The molecule has 2 aliphatic rings. The number of amides is 3. The van der Waals surface area contributed by atoms with E-state index in [9.17, 15) is 19.2 Å².